The molecule has 1 unspecified atom stereocenters. The number of hydrogen-bond acceptors (Lipinski definition) is 3. The van der Waals surface area contributed by atoms with Gasteiger partial charge in [0, 0.05) is 12.6 Å². The highest BCUT2D eigenvalue weighted by molar-refractivity contribution is 5.69. The molecule has 1 aliphatic rings. The summed E-state index contributed by atoms with van der Waals surface area (Å²) in [6, 6.07) is 0.422. The van der Waals surface area contributed by atoms with Gasteiger partial charge in [0.2, 0.25) is 0 Å². The van der Waals surface area contributed by atoms with Crippen molar-refractivity contribution in [3.63, 3.8) is 0 Å². The Kier molecular flexibility index (Phi) is 3.49. The van der Waals surface area contributed by atoms with Gasteiger partial charge in [-0.15, -0.1) is 0 Å². The van der Waals surface area contributed by atoms with Gasteiger partial charge in [-0.05, 0) is 26.4 Å². The second kappa shape index (κ2) is 4.42. The first kappa shape index (κ1) is 9.48. The highest BCUT2D eigenvalue weighted by Crippen LogP contribution is 2.15. The van der Waals surface area contributed by atoms with E-state index in [0.717, 1.165) is 25.9 Å². The van der Waals surface area contributed by atoms with Gasteiger partial charge < -0.3 is 10.4 Å². The van der Waals surface area contributed by atoms with E-state index in [4.69, 9.17) is 5.11 Å². The number of carboxylic acids is 1. The van der Waals surface area contributed by atoms with Crippen LogP contribution in [0, 0.1) is 0 Å². The van der Waals surface area contributed by atoms with Gasteiger partial charge in [-0.3, -0.25) is 9.69 Å². The molecule has 0 aliphatic carbocycles. The van der Waals surface area contributed by atoms with E-state index >= 15 is 0 Å². The largest absolute Gasteiger partial charge is 0.480 e. The zero-order chi connectivity index (χ0) is 8.97. The first-order valence-corrected chi connectivity index (χ1v) is 4.34. The molecular weight excluding hydrogens is 156 g/mol. The van der Waals surface area contributed by atoms with Gasteiger partial charge in [-0.1, -0.05) is 0 Å². The Labute approximate surface area is 72.6 Å². The van der Waals surface area contributed by atoms with Crippen LogP contribution < -0.4 is 5.32 Å². The normalized spacial score (nSPS) is 24.6. The Hall–Kier alpha value is -0.610. The van der Waals surface area contributed by atoms with Crippen LogP contribution in [0.25, 0.3) is 0 Å². The second-order valence-electron chi connectivity index (χ2n) is 3.22. The number of likely N-dealkylation sites (tertiary alicyclic amines) is 1. The molecule has 1 heterocycles. The van der Waals surface area contributed by atoms with Gasteiger partial charge in [0.05, 0.1) is 6.54 Å². The third kappa shape index (κ3) is 2.46. The lowest BCUT2D eigenvalue weighted by Crippen LogP contribution is -2.39. The van der Waals surface area contributed by atoms with Crippen molar-refractivity contribution < 1.29 is 9.90 Å². The fourth-order valence-corrected chi connectivity index (χ4v) is 1.74. The highest BCUT2D eigenvalue weighted by atomic mass is 16.4. The molecule has 0 saturated carbocycles. The lowest BCUT2D eigenvalue weighted by molar-refractivity contribution is -0.138. The maximum Gasteiger partial charge on any atom is 0.317 e. The summed E-state index contributed by atoms with van der Waals surface area (Å²) >= 11 is 0. The van der Waals surface area contributed by atoms with Crippen molar-refractivity contribution in [2.75, 3.05) is 26.7 Å². The van der Waals surface area contributed by atoms with Crippen molar-refractivity contribution in [1.82, 2.24) is 10.2 Å². The molecule has 2 N–H and O–H groups in total. The summed E-state index contributed by atoms with van der Waals surface area (Å²) in [6.45, 7) is 2.01. The Bertz CT molecular complexity index is 161. The fraction of sp³-hybridized carbons (Fsp3) is 0.875. The Balaban J connectivity index is 2.35. The third-order valence-corrected chi connectivity index (χ3v) is 2.28. The summed E-state index contributed by atoms with van der Waals surface area (Å²) in [6.07, 6.45) is 2.24. The zero-order valence-electron chi connectivity index (χ0n) is 7.42. The number of nitrogens with zero attached hydrogens (tertiary/aromatic N) is 1. The molecule has 0 spiro atoms. The number of aliphatic carboxylic acids is 1. The van der Waals surface area contributed by atoms with E-state index in [1.807, 2.05) is 11.9 Å². The minimum Gasteiger partial charge on any atom is -0.480 e. The van der Waals surface area contributed by atoms with Gasteiger partial charge in [-0.25, -0.2) is 0 Å². The Morgan fingerprint density at radius 1 is 1.75 bits per heavy atom. The lowest BCUT2D eigenvalue weighted by atomic mass is 10.2. The highest BCUT2D eigenvalue weighted by Gasteiger charge is 2.24. The van der Waals surface area contributed by atoms with Gasteiger partial charge in [0.25, 0.3) is 0 Å². The van der Waals surface area contributed by atoms with Crippen LogP contribution >= 0.6 is 0 Å². The standard InChI is InChI=1S/C8H16N2O2/c1-9-5-7-3-2-4-10(7)6-8(11)12/h7,9H,2-6H2,1H3,(H,11,12). The van der Waals surface area contributed by atoms with Crippen molar-refractivity contribution >= 4 is 5.97 Å². The SMILES string of the molecule is CNCC1CCCN1CC(=O)O. The van der Waals surface area contributed by atoms with Gasteiger partial charge in [-0.2, -0.15) is 0 Å². The first-order valence-electron chi connectivity index (χ1n) is 4.34. The molecule has 1 saturated heterocycles. The van der Waals surface area contributed by atoms with Gasteiger partial charge in [0.1, 0.15) is 0 Å². The number of hydrogen-bond donors (Lipinski definition) is 2. The summed E-state index contributed by atoms with van der Waals surface area (Å²) in [4.78, 5) is 12.5. The van der Waals surface area contributed by atoms with E-state index in [1.54, 1.807) is 0 Å². The predicted molar refractivity (Wildman–Crippen MR) is 46.2 cm³/mol. The summed E-state index contributed by atoms with van der Waals surface area (Å²) in [7, 11) is 1.90. The monoisotopic (exact) mass is 172 g/mol. The average Bonchev–Trinajstić information content (AvgIpc) is 2.37. The number of rotatable bonds is 4. The quantitative estimate of drug-likeness (QED) is 0.614. The summed E-state index contributed by atoms with van der Waals surface area (Å²) in [5, 5.41) is 11.7. The molecule has 0 aromatic heterocycles. The minimum absolute atomic E-state index is 0.187. The van der Waals surface area contributed by atoms with Crippen LogP contribution in [0.4, 0.5) is 0 Å². The Morgan fingerprint density at radius 3 is 3.08 bits per heavy atom. The average molecular weight is 172 g/mol. The van der Waals surface area contributed by atoms with Crippen LogP contribution in [0.5, 0.6) is 0 Å². The molecule has 4 nitrogen and oxygen atoms in total. The van der Waals surface area contributed by atoms with Gasteiger partial charge >= 0.3 is 5.97 Å². The topological polar surface area (TPSA) is 52.6 Å². The molecule has 0 aromatic carbocycles. The molecule has 0 radical (unpaired) electrons. The van der Waals surface area contributed by atoms with Crippen molar-refractivity contribution in [2.24, 2.45) is 0 Å². The van der Waals surface area contributed by atoms with Crippen LogP contribution in [0.15, 0.2) is 0 Å². The number of likely N-dealkylation sites (N-methyl/N-ethyl adjacent to an activating group) is 1. The third-order valence-electron chi connectivity index (χ3n) is 2.28. The molecule has 1 fully saturated rings. The van der Waals surface area contributed by atoms with E-state index in [2.05, 4.69) is 5.32 Å². The Morgan fingerprint density at radius 2 is 2.50 bits per heavy atom. The number of nitrogens with one attached hydrogen (secondary N) is 1. The van der Waals surface area contributed by atoms with E-state index in [0.29, 0.717) is 6.04 Å². The molecule has 12 heavy (non-hydrogen) atoms. The first-order chi connectivity index (χ1) is 5.74. The maximum atomic E-state index is 10.4. The maximum absolute atomic E-state index is 10.4. The molecule has 1 aliphatic heterocycles. The van der Waals surface area contributed by atoms with Crippen LogP contribution in [0.2, 0.25) is 0 Å². The summed E-state index contributed by atoms with van der Waals surface area (Å²) in [5.41, 5.74) is 0. The molecule has 4 heteroatoms. The van der Waals surface area contributed by atoms with Crippen molar-refractivity contribution in [2.45, 2.75) is 18.9 Å². The molecule has 0 amide bonds. The van der Waals surface area contributed by atoms with Crippen LogP contribution in [-0.2, 0) is 4.79 Å². The molecule has 0 bridgehead atoms. The fourth-order valence-electron chi connectivity index (χ4n) is 1.74. The van der Waals surface area contributed by atoms with Crippen molar-refractivity contribution in [3.05, 3.63) is 0 Å². The summed E-state index contributed by atoms with van der Waals surface area (Å²) < 4.78 is 0. The minimum atomic E-state index is -0.724. The molecule has 0 aromatic rings. The molecule has 70 valence electrons. The number of carbonyl (C=O) groups is 1. The summed E-state index contributed by atoms with van der Waals surface area (Å²) in [5.74, 6) is -0.724. The van der Waals surface area contributed by atoms with Crippen LogP contribution in [0.3, 0.4) is 0 Å². The van der Waals surface area contributed by atoms with E-state index in [-0.39, 0.29) is 6.54 Å². The predicted octanol–water partition coefficient (Wildman–Crippen LogP) is -0.245. The smallest absolute Gasteiger partial charge is 0.317 e. The molecule has 1 atom stereocenters. The van der Waals surface area contributed by atoms with Gasteiger partial charge in [0.15, 0.2) is 0 Å². The van der Waals surface area contributed by atoms with Crippen LogP contribution in [-0.4, -0.2) is 48.7 Å². The van der Waals surface area contributed by atoms with Crippen molar-refractivity contribution in [1.29, 1.82) is 0 Å². The van der Waals surface area contributed by atoms with E-state index in [1.165, 1.54) is 0 Å². The molecular formula is C8H16N2O2. The lowest BCUT2D eigenvalue weighted by Gasteiger charge is -2.21. The van der Waals surface area contributed by atoms with E-state index < -0.39 is 5.97 Å². The van der Waals surface area contributed by atoms with Crippen LogP contribution in [0.1, 0.15) is 12.8 Å². The van der Waals surface area contributed by atoms with Crippen molar-refractivity contribution in [3.8, 4) is 0 Å². The number of carboxylic acid groups (broad SMARTS) is 1. The van der Waals surface area contributed by atoms with E-state index in [9.17, 15) is 4.79 Å². The zero-order valence-corrected chi connectivity index (χ0v) is 7.42. The molecule has 1 rings (SSSR count). The second-order valence-corrected chi connectivity index (χ2v) is 3.22.